The van der Waals surface area contributed by atoms with E-state index in [1.165, 1.54) is 4.90 Å². The van der Waals surface area contributed by atoms with Gasteiger partial charge < -0.3 is 25.6 Å². The maximum Gasteiger partial charge on any atom is 0.410 e. The molecule has 0 spiro atoms. The number of nitrogens with zero attached hydrogens (tertiary/aromatic N) is 3. The van der Waals surface area contributed by atoms with Crippen molar-refractivity contribution in [3.8, 4) is 0 Å². The molecule has 0 aliphatic rings. The quantitative estimate of drug-likeness (QED) is 0.378. The number of benzene rings is 1. The van der Waals surface area contributed by atoms with Gasteiger partial charge in [-0.3, -0.25) is 14.8 Å². The van der Waals surface area contributed by atoms with E-state index >= 15 is 0 Å². The molecule has 0 saturated carbocycles. The van der Waals surface area contributed by atoms with Crippen LogP contribution in [0.5, 0.6) is 0 Å². The topological polar surface area (TPSA) is 126 Å². The molecule has 0 fully saturated rings. The van der Waals surface area contributed by atoms with E-state index in [9.17, 15) is 14.4 Å². The lowest BCUT2D eigenvalue weighted by atomic mass is 9.94. The number of anilines is 1. The second-order valence-corrected chi connectivity index (χ2v) is 9.90. The molecule has 0 aliphatic carbocycles. The minimum absolute atomic E-state index is 0.191. The second-order valence-electron chi connectivity index (χ2n) is 9.90. The van der Waals surface area contributed by atoms with Gasteiger partial charge in [-0.25, -0.2) is 9.59 Å². The summed E-state index contributed by atoms with van der Waals surface area (Å²) in [6.45, 7) is 8.09. The number of ether oxygens (including phenoxy) is 1. The van der Waals surface area contributed by atoms with E-state index in [0.29, 0.717) is 30.8 Å². The van der Waals surface area contributed by atoms with Crippen LogP contribution in [-0.2, 0) is 9.53 Å². The van der Waals surface area contributed by atoms with Crippen LogP contribution in [0.25, 0.3) is 10.8 Å². The molecule has 4 amide bonds. The Hall–Kier alpha value is -4.21. The molecular formula is C28H36N6O4. The van der Waals surface area contributed by atoms with Gasteiger partial charge in [-0.2, -0.15) is 0 Å². The van der Waals surface area contributed by atoms with E-state index in [-0.39, 0.29) is 18.4 Å². The number of hydrogen-bond acceptors (Lipinski definition) is 6. The Bertz CT molecular complexity index is 1270. The van der Waals surface area contributed by atoms with Gasteiger partial charge in [0.25, 0.3) is 0 Å². The van der Waals surface area contributed by atoms with Crippen LogP contribution < -0.4 is 16.0 Å². The number of urea groups is 1. The summed E-state index contributed by atoms with van der Waals surface area (Å²) in [5, 5.41) is 10.5. The molecule has 3 N–H and O–H groups in total. The molecule has 0 saturated heterocycles. The normalized spacial score (nSPS) is 11.9. The third-order valence-corrected chi connectivity index (χ3v) is 5.69. The minimum atomic E-state index is -0.590. The van der Waals surface area contributed by atoms with Gasteiger partial charge in [-0.1, -0.05) is 18.2 Å². The Morgan fingerprint density at radius 2 is 1.76 bits per heavy atom. The number of carbonyl (C=O) groups is 3. The summed E-state index contributed by atoms with van der Waals surface area (Å²) in [5.41, 5.74) is 1.41. The molecule has 38 heavy (non-hydrogen) atoms. The first-order valence-electron chi connectivity index (χ1n) is 12.6. The van der Waals surface area contributed by atoms with Gasteiger partial charge in [0.05, 0.1) is 17.9 Å². The fourth-order valence-corrected chi connectivity index (χ4v) is 3.94. The van der Waals surface area contributed by atoms with Crippen LogP contribution in [0.3, 0.4) is 0 Å². The van der Waals surface area contributed by atoms with Gasteiger partial charge in [0.1, 0.15) is 5.60 Å². The van der Waals surface area contributed by atoms with Crippen molar-refractivity contribution in [2.45, 2.75) is 52.2 Å². The Kier molecular flexibility index (Phi) is 9.59. The van der Waals surface area contributed by atoms with Crippen LogP contribution >= 0.6 is 0 Å². The van der Waals surface area contributed by atoms with Gasteiger partial charge in [0, 0.05) is 56.1 Å². The van der Waals surface area contributed by atoms with E-state index in [4.69, 9.17) is 4.74 Å². The first-order chi connectivity index (χ1) is 18.1. The van der Waals surface area contributed by atoms with Gasteiger partial charge in [0.2, 0.25) is 5.91 Å². The molecule has 202 valence electrons. The van der Waals surface area contributed by atoms with Crippen molar-refractivity contribution in [2.24, 2.45) is 0 Å². The Morgan fingerprint density at radius 1 is 1.03 bits per heavy atom. The summed E-state index contributed by atoms with van der Waals surface area (Å²) in [6.07, 6.45) is 6.87. The molecule has 10 heteroatoms. The van der Waals surface area contributed by atoms with Crippen molar-refractivity contribution >= 4 is 34.5 Å². The molecule has 0 aliphatic heterocycles. The van der Waals surface area contributed by atoms with Crippen LogP contribution in [0, 0.1) is 0 Å². The van der Waals surface area contributed by atoms with Gasteiger partial charge >= 0.3 is 12.1 Å². The summed E-state index contributed by atoms with van der Waals surface area (Å²) < 4.78 is 5.38. The summed E-state index contributed by atoms with van der Waals surface area (Å²) in [7, 11) is 1.65. The summed E-state index contributed by atoms with van der Waals surface area (Å²) in [6, 6.07) is 8.57. The van der Waals surface area contributed by atoms with Crippen LogP contribution in [0.2, 0.25) is 0 Å². The maximum atomic E-state index is 13.2. The first-order valence-corrected chi connectivity index (χ1v) is 12.6. The average Bonchev–Trinajstić information content (AvgIpc) is 2.86. The van der Waals surface area contributed by atoms with Crippen molar-refractivity contribution in [1.82, 2.24) is 25.5 Å². The molecule has 0 radical (unpaired) electrons. The lowest BCUT2D eigenvalue weighted by molar-refractivity contribution is -0.121. The van der Waals surface area contributed by atoms with Gasteiger partial charge in [0.15, 0.2) is 0 Å². The lowest BCUT2D eigenvalue weighted by Gasteiger charge is -2.25. The lowest BCUT2D eigenvalue weighted by Crippen LogP contribution is -2.35. The van der Waals surface area contributed by atoms with Crippen molar-refractivity contribution in [2.75, 3.05) is 25.5 Å². The number of fused-ring (bicyclic) bond motifs is 1. The SMILES string of the molecule is CCNC(=O)Nc1cnccc1C(NC(=O)CCCN(C)C(=O)OC(C)(C)C)c1cccc2ccncc12. The predicted molar refractivity (Wildman–Crippen MR) is 147 cm³/mol. The van der Waals surface area contributed by atoms with E-state index in [1.54, 1.807) is 37.9 Å². The predicted octanol–water partition coefficient (Wildman–Crippen LogP) is 4.62. The molecule has 0 bridgehead atoms. The minimum Gasteiger partial charge on any atom is -0.444 e. The second kappa shape index (κ2) is 12.8. The van der Waals surface area contributed by atoms with E-state index < -0.39 is 17.7 Å². The number of rotatable bonds is 9. The third kappa shape index (κ3) is 7.89. The van der Waals surface area contributed by atoms with Crippen molar-refractivity contribution < 1.29 is 19.1 Å². The first kappa shape index (κ1) is 28.4. The number of amides is 4. The molecule has 1 aromatic carbocycles. The fraction of sp³-hybridized carbons (Fsp3) is 0.393. The standard InChI is InChI=1S/C28H36N6O4/c1-6-31-26(36)32-23-18-30-15-13-21(23)25(20-10-7-9-19-12-14-29-17-22(19)20)33-24(35)11-8-16-34(5)27(37)38-28(2,3)4/h7,9-10,12-15,17-18,25H,6,8,11,16H2,1-5H3,(H,33,35)(H2,31,32,36). The Labute approximate surface area is 223 Å². The smallest absolute Gasteiger partial charge is 0.410 e. The largest absolute Gasteiger partial charge is 0.444 e. The summed E-state index contributed by atoms with van der Waals surface area (Å²) in [5.74, 6) is -0.200. The highest BCUT2D eigenvalue weighted by Gasteiger charge is 2.24. The molecule has 10 nitrogen and oxygen atoms in total. The average molecular weight is 521 g/mol. The molecule has 1 atom stereocenters. The molecular weight excluding hydrogens is 484 g/mol. The zero-order valence-electron chi connectivity index (χ0n) is 22.6. The Morgan fingerprint density at radius 3 is 2.50 bits per heavy atom. The zero-order chi connectivity index (χ0) is 27.7. The van der Waals surface area contributed by atoms with Crippen LogP contribution in [-0.4, -0.2) is 58.6 Å². The highest BCUT2D eigenvalue weighted by molar-refractivity contribution is 5.91. The molecule has 2 heterocycles. The van der Waals surface area contributed by atoms with Gasteiger partial charge in [-0.15, -0.1) is 0 Å². The number of nitrogens with one attached hydrogen (secondary N) is 3. The summed E-state index contributed by atoms with van der Waals surface area (Å²) in [4.78, 5) is 47.6. The summed E-state index contributed by atoms with van der Waals surface area (Å²) >= 11 is 0. The fourth-order valence-electron chi connectivity index (χ4n) is 3.94. The van der Waals surface area contributed by atoms with E-state index in [1.807, 2.05) is 52.0 Å². The van der Waals surface area contributed by atoms with Crippen LogP contribution in [0.1, 0.15) is 57.7 Å². The number of aromatic nitrogens is 2. The maximum absolute atomic E-state index is 13.2. The van der Waals surface area contributed by atoms with Crippen LogP contribution in [0.4, 0.5) is 15.3 Å². The van der Waals surface area contributed by atoms with Crippen molar-refractivity contribution in [1.29, 1.82) is 0 Å². The highest BCUT2D eigenvalue weighted by atomic mass is 16.6. The zero-order valence-corrected chi connectivity index (χ0v) is 22.6. The number of carbonyl (C=O) groups excluding carboxylic acids is 3. The Balaban J connectivity index is 1.84. The molecule has 1 unspecified atom stereocenters. The number of pyridine rings is 2. The van der Waals surface area contributed by atoms with Crippen LogP contribution in [0.15, 0.2) is 55.1 Å². The molecule has 3 aromatic rings. The highest BCUT2D eigenvalue weighted by Crippen LogP contribution is 2.32. The monoisotopic (exact) mass is 520 g/mol. The number of hydrogen-bond donors (Lipinski definition) is 3. The third-order valence-electron chi connectivity index (χ3n) is 5.69. The van der Waals surface area contributed by atoms with E-state index in [2.05, 4.69) is 25.9 Å². The molecule has 2 aromatic heterocycles. The molecule has 3 rings (SSSR count). The van der Waals surface area contributed by atoms with E-state index in [0.717, 1.165) is 16.3 Å². The van der Waals surface area contributed by atoms with Crippen molar-refractivity contribution in [3.63, 3.8) is 0 Å². The van der Waals surface area contributed by atoms with Crippen molar-refractivity contribution in [3.05, 3.63) is 66.2 Å². The van der Waals surface area contributed by atoms with Gasteiger partial charge in [-0.05, 0) is 57.2 Å².